The Labute approximate surface area is 168 Å². The van der Waals surface area contributed by atoms with Crippen LogP contribution in [0.1, 0.15) is 5.56 Å². The Morgan fingerprint density at radius 2 is 2.00 bits per heavy atom. The zero-order valence-electron chi connectivity index (χ0n) is 16.5. The molecule has 1 saturated heterocycles. The van der Waals surface area contributed by atoms with Gasteiger partial charge in [0, 0.05) is 12.0 Å². The van der Waals surface area contributed by atoms with Gasteiger partial charge in [0.25, 0.3) is 0 Å². The molecule has 0 aromatic heterocycles. The number of benzene rings is 1. The Kier molecular flexibility index (Phi) is 9.13. The maximum Gasteiger partial charge on any atom is 0.331 e. The molecule has 2 rings (SSSR count). The Morgan fingerprint density at radius 1 is 1.28 bits per heavy atom. The minimum Gasteiger partial charge on any atom is -0.497 e. The second kappa shape index (κ2) is 11.6. The van der Waals surface area contributed by atoms with Crippen molar-refractivity contribution < 1.29 is 38.3 Å². The van der Waals surface area contributed by atoms with Gasteiger partial charge < -0.3 is 33.5 Å². The van der Waals surface area contributed by atoms with Gasteiger partial charge in [0.1, 0.15) is 24.6 Å². The summed E-state index contributed by atoms with van der Waals surface area (Å²) in [5.41, 5.74) is 9.77. The van der Waals surface area contributed by atoms with Crippen LogP contribution in [0.2, 0.25) is 0 Å². The van der Waals surface area contributed by atoms with E-state index in [1.54, 1.807) is 7.11 Å². The molecule has 29 heavy (non-hydrogen) atoms. The van der Waals surface area contributed by atoms with Gasteiger partial charge in [-0.25, -0.2) is 4.79 Å². The van der Waals surface area contributed by atoms with Crippen molar-refractivity contribution in [1.29, 1.82) is 0 Å². The number of carbonyl (C=O) groups excluding carboxylic acids is 1. The van der Waals surface area contributed by atoms with E-state index in [4.69, 9.17) is 29.2 Å². The van der Waals surface area contributed by atoms with Crippen molar-refractivity contribution in [1.82, 2.24) is 0 Å². The van der Waals surface area contributed by atoms with E-state index in [2.05, 4.69) is 14.8 Å². The van der Waals surface area contributed by atoms with E-state index in [1.165, 1.54) is 14.2 Å². The summed E-state index contributed by atoms with van der Waals surface area (Å²) in [7, 11) is 4.17. The number of aliphatic hydroxyl groups is 1. The predicted molar refractivity (Wildman–Crippen MR) is 99.0 cm³/mol. The molecule has 1 aromatic carbocycles. The molecule has 0 aliphatic carbocycles. The summed E-state index contributed by atoms with van der Waals surface area (Å²) < 4.78 is 31.6. The van der Waals surface area contributed by atoms with Crippen LogP contribution in [0.4, 0.5) is 0 Å². The molecule has 0 amide bonds. The largest absolute Gasteiger partial charge is 0.497 e. The molecule has 1 heterocycles. The van der Waals surface area contributed by atoms with Gasteiger partial charge in [-0.05, 0) is 23.2 Å². The van der Waals surface area contributed by atoms with Gasteiger partial charge in [0.05, 0.1) is 39.6 Å². The van der Waals surface area contributed by atoms with E-state index in [9.17, 15) is 9.90 Å². The third-order valence-electron chi connectivity index (χ3n) is 4.39. The molecule has 11 heteroatoms. The summed E-state index contributed by atoms with van der Waals surface area (Å²) in [5.74, 6) is 0.108. The normalized spacial score (nSPS) is 26.4. The smallest absolute Gasteiger partial charge is 0.331 e. The first-order valence-electron chi connectivity index (χ1n) is 8.83. The Balaban J connectivity index is 1.99. The molecule has 0 spiro atoms. The molecular weight excluding hydrogens is 386 g/mol. The molecule has 0 unspecified atom stereocenters. The second-order valence-electron chi connectivity index (χ2n) is 6.18. The highest BCUT2D eigenvalue weighted by atomic mass is 16.7. The van der Waals surface area contributed by atoms with Crippen molar-refractivity contribution in [3.05, 3.63) is 40.3 Å². The van der Waals surface area contributed by atoms with Gasteiger partial charge in [0.15, 0.2) is 6.29 Å². The number of azide groups is 1. The molecule has 11 nitrogen and oxygen atoms in total. The number of methoxy groups -OCH3 is 3. The molecule has 5 atom stereocenters. The molecule has 1 aliphatic rings. The van der Waals surface area contributed by atoms with Crippen molar-refractivity contribution >= 4 is 5.97 Å². The number of esters is 1. The molecule has 1 N–H and O–H groups in total. The van der Waals surface area contributed by atoms with Gasteiger partial charge in [-0.2, -0.15) is 0 Å². The number of ether oxygens (including phenoxy) is 6. The van der Waals surface area contributed by atoms with E-state index in [0.717, 1.165) is 11.3 Å². The molecule has 160 valence electrons. The van der Waals surface area contributed by atoms with Crippen LogP contribution < -0.4 is 4.74 Å². The van der Waals surface area contributed by atoms with Gasteiger partial charge in [-0.15, -0.1) is 0 Å². The Morgan fingerprint density at radius 3 is 2.59 bits per heavy atom. The summed E-state index contributed by atoms with van der Waals surface area (Å²) in [6.45, 7) is -0.107. The average Bonchev–Trinajstić information content (AvgIpc) is 2.75. The van der Waals surface area contributed by atoms with E-state index in [0.29, 0.717) is 0 Å². The SMILES string of the molecule is COC(=O)CO[C@H]1[C@H](OC)O[C@H](COCc2ccc(OC)cc2)[C@@H](O)[C@@H]1N=[N+]=[N-]. The van der Waals surface area contributed by atoms with Crippen LogP contribution in [0.15, 0.2) is 29.4 Å². The lowest BCUT2D eigenvalue weighted by molar-refractivity contribution is -0.279. The van der Waals surface area contributed by atoms with Crippen LogP contribution in [0.5, 0.6) is 5.75 Å². The van der Waals surface area contributed by atoms with E-state index in [-0.39, 0.29) is 13.2 Å². The fourth-order valence-electron chi connectivity index (χ4n) is 2.84. The van der Waals surface area contributed by atoms with Crippen LogP contribution in [0.3, 0.4) is 0 Å². The number of carbonyl (C=O) groups is 1. The van der Waals surface area contributed by atoms with Crippen molar-refractivity contribution in [3.63, 3.8) is 0 Å². The fraction of sp³-hybridized carbons (Fsp3) is 0.611. The molecule has 1 fully saturated rings. The third-order valence-corrected chi connectivity index (χ3v) is 4.39. The maximum absolute atomic E-state index is 11.4. The highest BCUT2D eigenvalue weighted by molar-refractivity contribution is 5.70. The Hall–Kier alpha value is -2.40. The molecule has 1 aliphatic heterocycles. The molecule has 0 radical (unpaired) electrons. The van der Waals surface area contributed by atoms with Crippen LogP contribution in [0, 0.1) is 0 Å². The number of hydrogen-bond acceptors (Lipinski definition) is 9. The van der Waals surface area contributed by atoms with E-state index >= 15 is 0 Å². The number of aliphatic hydroxyl groups excluding tert-OH is 1. The van der Waals surface area contributed by atoms with Crippen LogP contribution in [0.25, 0.3) is 10.4 Å². The van der Waals surface area contributed by atoms with Gasteiger partial charge in [0.2, 0.25) is 0 Å². The summed E-state index contributed by atoms with van der Waals surface area (Å²) in [6, 6.07) is 6.29. The van der Waals surface area contributed by atoms with Crippen molar-refractivity contribution in [2.24, 2.45) is 5.11 Å². The second-order valence-corrected chi connectivity index (χ2v) is 6.18. The molecular formula is C18H25N3O8. The van der Waals surface area contributed by atoms with Crippen LogP contribution >= 0.6 is 0 Å². The standard InChI is InChI=1S/C18H25N3O8/c1-24-12-6-4-11(5-7-12)8-27-9-13-16(23)15(20-21-19)17(18(26-3)29-13)28-10-14(22)25-2/h4-7,13,15-18,23H,8-10H2,1-3H3/t13-,15+,16-,17-,18-/m1/s1. The zero-order chi connectivity index (χ0) is 21.2. The Bertz CT molecular complexity index is 695. The monoisotopic (exact) mass is 411 g/mol. The van der Waals surface area contributed by atoms with Crippen molar-refractivity contribution in [2.45, 2.75) is 37.3 Å². The van der Waals surface area contributed by atoms with Crippen molar-refractivity contribution in [3.8, 4) is 5.75 Å². The first-order valence-corrected chi connectivity index (χ1v) is 8.83. The average molecular weight is 411 g/mol. The fourth-order valence-corrected chi connectivity index (χ4v) is 2.84. The summed E-state index contributed by atoms with van der Waals surface area (Å²) in [6.07, 6.45) is -4.03. The number of nitrogens with zero attached hydrogens (tertiary/aromatic N) is 3. The van der Waals surface area contributed by atoms with Gasteiger partial charge >= 0.3 is 5.97 Å². The maximum atomic E-state index is 11.4. The summed E-state index contributed by atoms with van der Waals surface area (Å²) >= 11 is 0. The number of rotatable bonds is 10. The minimum atomic E-state index is -1.23. The molecule has 1 aromatic rings. The quantitative estimate of drug-likeness (QED) is 0.262. The van der Waals surface area contributed by atoms with Crippen molar-refractivity contribution in [2.75, 3.05) is 34.5 Å². The van der Waals surface area contributed by atoms with E-state index < -0.39 is 43.2 Å². The predicted octanol–water partition coefficient (Wildman–Crippen LogP) is 1.18. The first kappa shape index (κ1) is 22.9. The van der Waals surface area contributed by atoms with Crippen LogP contribution in [-0.4, -0.2) is 76.3 Å². The topological polar surface area (TPSA) is 141 Å². The zero-order valence-corrected chi connectivity index (χ0v) is 16.5. The lowest BCUT2D eigenvalue weighted by Gasteiger charge is -2.42. The van der Waals surface area contributed by atoms with Gasteiger partial charge in [-0.3, -0.25) is 0 Å². The first-order chi connectivity index (χ1) is 14.0. The van der Waals surface area contributed by atoms with Crippen LogP contribution in [-0.2, 0) is 35.1 Å². The lowest BCUT2D eigenvalue weighted by Crippen LogP contribution is -2.59. The molecule has 0 bridgehead atoms. The molecule has 0 saturated carbocycles. The van der Waals surface area contributed by atoms with Gasteiger partial charge in [-0.1, -0.05) is 17.2 Å². The highest BCUT2D eigenvalue weighted by Gasteiger charge is 2.46. The minimum absolute atomic E-state index is 0.0220. The van der Waals surface area contributed by atoms with E-state index in [1.807, 2.05) is 24.3 Å². The summed E-state index contributed by atoms with van der Waals surface area (Å²) in [5, 5.41) is 14.2. The highest BCUT2D eigenvalue weighted by Crippen LogP contribution is 2.27. The number of hydrogen-bond donors (Lipinski definition) is 1. The third kappa shape index (κ3) is 6.29. The summed E-state index contributed by atoms with van der Waals surface area (Å²) in [4.78, 5) is 14.1. The lowest BCUT2D eigenvalue weighted by atomic mass is 9.97.